The molecule has 53 heavy (non-hydrogen) atoms. The molecule has 0 radical (unpaired) electrons. The summed E-state index contributed by atoms with van der Waals surface area (Å²) in [4.78, 5) is 44.9. The lowest BCUT2D eigenvalue weighted by molar-refractivity contribution is -0.209. The first-order valence-electron chi connectivity index (χ1n) is 20.4. The van der Waals surface area contributed by atoms with Crippen LogP contribution in [0.1, 0.15) is 112 Å². The maximum absolute atomic E-state index is 13.9. The van der Waals surface area contributed by atoms with Crippen LogP contribution < -0.4 is 10.6 Å². The Bertz CT molecular complexity index is 1300. The molecule has 12 nitrogen and oxygen atoms in total. The molecular formula is C41H68N4O8. The van der Waals surface area contributed by atoms with Crippen molar-refractivity contribution in [2.24, 2.45) is 29.1 Å². The van der Waals surface area contributed by atoms with E-state index in [1.165, 1.54) is 0 Å². The number of allylic oxidation sites excluding steroid dienone is 1. The number of rotatable bonds is 3. The van der Waals surface area contributed by atoms with Crippen molar-refractivity contribution in [2.75, 3.05) is 26.7 Å². The van der Waals surface area contributed by atoms with Crippen LogP contribution in [-0.4, -0.2) is 119 Å². The lowest BCUT2D eigenvalue weighted by Crippen LogP contribution is -2.54. The van der Waals surface area contributed by atoms with E-state index < -0.39 is 30.6 Å². The van der Waals surface area contributed by atoms with Crippen molar-refractivity contribution in [3.05, 3.63) is 23.8 Å². The number of amides is 3. The summed E-state index contributed by atoms with van der Waals surface area (Å²) in [6.45, 7) is 11.6. The number of piperidine rings is 1. The maximum atomic E-state index is 13.9. The maximum Gasteiger partial charge on any atom is 0.243 e. The zero-order valence-corrected chi connectivity index (χ0v) is 33.0. The molecule has 0 spiro atoms. The van der Waals surface area contributed by atoms with Crippen LogP contribution in [0.2, 0.25) is 0 Å². The summed E-state index contributed by atoms with van der Waals surface area (Å²) in [5, 5.41) is 40.7. The Morgan fingerprint density at radius 3 is 2.23 bits per heavy atom. The van der Waals surface area contributed by atoms with Gasteiger partial charge in [0.1, 0.15) is 12.3 Å². The summed E-state index contributed by atoms with van der Waals surface area (Å²) < 4.78 is 11.9. The number of carbonyl (C=O) groups is 3. The fourth-order valence-electron chi connectivity index (χ4n) is 9.05. The number of aliphatic hydroxyl groups is 3. The minimum absolute atomic E-state index is 0.00248. The Morgan fingerprint density at radius 1 is 0.906 bits per heavy atom. The topological polar surface area (TPSA) is 161 Å². The first-order chi connectivity index (χ1) is 25.1. The summed E-state index contributed by atoms with van der Waals surface area (Å²) in [6, 6.07) is -1.16. The molecule has 5 N–H and O–H groups in total. The third-order valence-corrected chi connectivity index (χ3v) is 12.7. The Kier molecular flexibility index (Phi) is 14.6. The van der Waals surface area contributed by atoms with Crippen LogP contribution in [0.4, 0.5) is 0 Å². The van der Waals surface area contributed by atoms with Crippen molar-refractivity contribution in [3.8, 4) is 0 Å². The normalized spacial score (nSPS) is 39.2. The minimum atomic E-state index is -1.08. The molecule has 9 atom stereocenters. The van der Waals surface area contributed by atoms with Crippen molar-refractivity contribution in [1.82, 2.24) is 20.4 Å². The SMILES string of the molecule is COC1C=CC(C[C@@H]2NC(=O)C3CCN(CC3)C(=O)[C@H](C)[C@@H](O)C[C@H](C)C[C@@H](C(C)(C)C)OC(O)[C@@H]3CCCN3C(O)C3CCC(CC3)NC2=O)=CC1. The van der Waals surface area contributed by atoms with Crippen molar-refractivity contribution >= 4 is 17.7 Å². The van der Waals surface area contributed by atoms with E-state index in [0.717, 1.165) is 31.3 Å². The monoisotopic (exact) mass is 745 g/mol. The second kappa shape index (κ2) is 18.5. The van der Waals surface area contributed by atoms with Crippen LogP contribution in [0.15, 0.2) is 23.8 Å². The van der Waals surface area contributed by atoms with Gasteiger partial charge in [0.15, 0.2) is 6.29 Å². The summed E-state index contributed by atoms with van der Waals surface area (Å²) in [5.41, 5.74) is 0.681. The van der Waals surface area contributed by atoms with Crippen LogP contribution in [0.25, 0.3) is 0 Å². The molecule has 3 unspecified atom stereocenters. The molecular weight excluding hydrogens is 676 g/mol. The fourth-order valence-corrected chi connectivity index (χ4v) is 9.05. The highest BCUT2D eigenvalue weighted by Crippen LogP contribution is 2.36. The molecule has 5 saturated heterocycles. The highest BCUT2D eigenvalue weighted by Gasteiger charge is 2.42. The van der Waals surface area contributed by atoms with Gasteiger partial charge in [-0.25, -0.2) is 0 Å². The van der Waals surface area contributed by atoms with Gasteiger partial charge in [-0.05, 0) is 93.5 Å². The molecule has 0 aromatic carbocycles. The molecule has 5 heterocycles. The number of hydrogen-bond donors (Lipinski definition) is 5. The van der Waals surface area contributed by atoms with Gasteiger partial charge in [0.05, 0.1) is 30.3 Å². The third kappa shape index (κ3) is 10.9. The Morgan fingerprint density at radius 2 is 1.60 bits per heavy atom. The lowest BCUT2D eigenvalue weighted by atomic mass is 9.81. The summed E-state index contributed by atoms with van der Waals surface area (Å²) in [6.07, 6.45) is 10.5. The number of carbonyl (C=O) groups excluding carboxylic acids is 3. The quantitative estimate of drug-likeness (QED) is 0.291. The van der Waals surface area contributed by atoms with Gasteiger partial charge < -0.3 is 40.3 Å². The molecule has 2 aliphatic carbocycles. The number of aliphatic hydroxyl groups excluding tert-OH is 3. The zero-order chi connectivity index (χ0) is 38.4. The van der Waals surface area contributed by atoms with Crippen molar-refractivity contribution < 1.29 is 39.2 Å². The van der Waals surface area contributed by atoms with Gasteiger partial charge in [0.2, 0.25) is 17.7 Å². The van der Waals surface area contributed by atoms with E-state index in [2.05, 4.69) is 44.4 Å². The van der Waals surface area contributed by atoms with Crippen molar-refractivity contribution in [3.63, 3.8) is 0 Å². The molecule has 3 amide bonds. The number of hydrogen-bond acceptors (Lipinski definition) is 9. The van der Waals surface area contributed by atoms with E-state index in [0.29, 0.717) is 71.0 Å². The minimum Gasteiger partial charge on any atom is -0.392 e. The van der Waals surface area contributed by atoms with Crippen LogP contribution in [-0.2, 0) is 23.9 Å². The molecule has 0 aromatic rings. The summed E-state index contributed by atoms with van der Waals surface area (Å²) in [5.74, 6) is -1.42. The van der Waals surface area contributed by atoms with E-state index in [1.807, 2.05) is 17.1 Å². The average molecular weight is 745 g/mol. The molecule has 300 valence electrons. The van der Waals surface area contributed by atoms with Crippen LogP contribution in [0, 0.1) is 29.1 Å². The van der Waals surface area contributed by atoms with Gasteiger partial charge >= 0.3 is 0 Å². The fraction of sp³-hybridized carbons (Fsp3) is 0.829. The lowest BCUT2D eigenvalue weighted by Gasteiger charge is -2.41. The molecule has 6 fully saturated rings. The van der Waals surface area contributed by atoms with E-state index in [4.69, 9.17) is 9.47 Å². The van der Waals surface area contributed by atoms with Crippen LogP contribution >= 0.6 is 0 Å². The number of nitrogens with zero attached hydrogens (tertiary/aromatic N) is 2. The van der Waals surface area contributed by atoms with Gasteiger partial charge in [-0.2, -0.15) is 0 Å². The van der Waals surface area contributed by atoms with Crippen LogP contribution in [0.3, 0.4) is 0 Å². The van der Waals surface area contributed by atoms with Crippen LogP contribution in [0.5, 0.6) is 0 Å². The number of nitrogens with one attached hydrogen (secondary N) is 2. The third-order valence-electron chi connectivity index (χ3n) is 12.7. The highest BCUT2D eigenvalue weighted by atomic mass is 16.6. The van der Waals surface area contributed by atoms with E-state index in [-0.39, 0.29) is 65.2 Å². The highest BCUT2D eigenvalue weighted by molar-refractivity contribution is 5.89. The van der Waals surface area contributed by atoms with E-state index >= 15 is 0 Å². The van der Waals surface area contributed by atoms with Gasteiger partial charge in [-0.3, -0.25) is 19.3 Å². The molecule has 7 rings (SSSR count). The van der Waals surface area contributed by atoms with Gasteiger partial charge in [0.25, 0.3) is 0 Å². The smallest absolute Gasteiger partial charge is 0.243 e. The number of methoxy groups -OCH3 is 1. The molecule has 5 aliphatic heterocycles. The van der Waals surface area contributed by atoms with Gasteiger partial charge in [-0.1, -0.05) is 52.8 Å². The molecule has 4 bridgehead atoms. The number of ether oxygens (including phenoxy) is 2. The summed E-state index contributed by atoms with van der Waals surface area (Å²) in [7, 11) is 1.67. The first kappa shape index (κ1) is 41.8. The Balaban J connectivity index is 1.34. The van der Waals surface area contributed by atoms with Gasteiger partial charge in [0, 0.05) is 45.1 Å². The Hall–Kier alpha value is -2.35. The standard InChI is InChI=1S/C41H68N4O8/c1-25-22-34(46)26(2)38(49)44-20-17-28(18-21-44)36(47)43-32(24-27-9-15-31(52-6)16-10-27)37(48)42-30-13-11-29(12-14-30)39(50)45-19-7-8-33(45)40(51)53-35(23-25)41(3,4)5/h9-10,15,25-26,28-35,39-40,46,50-51H,7-8,11-14,16-24H2,1-6H3,(H,42,48)(H,43,47)/t25-,26+,29?,30?,31?,32-,33-,34-,35-,39?,40?/m0/s1. The first-order valence-corrected chi connectivity index (χ1v) is 20.4. The molecule has 0 aromatic heterocycles. The van der Waals surface area contributed by atoms with E-state index in [1.54, 1.807) is 18.9 Å². The van der Waals surface area contributed by atoms with Crippen molar-refractivity contribution in [1.29, 1.82) is 0 Å². The predicted octanol–water partition coefficient (Wildman–Crippen LogP) is 3.64. The van der Waals surface area contributed by atoms with Crippen molar-refractivity contribution in [2.45, 2.75) is 161 Å². The zero-order valence-electron chi connectivity index (χ0n) is 33.0. The molecule has 12 heteroatoms. The van der Waals surface area contributed by atoms with Gasteiger partial charge in [-0.15, -0.1) is 0 Å². The second-order valence-corrected chi connectivity index (χ2v) is 17.8. The predicted molar refractivity (Wildman–Crippen MR) is 202 cm³/mol. The molecule has 7 aliphatic rings. The second-order valence-electron chi connectivity index (χ2n) is 17.8. The number of fused-ring (bicyclic) bond motifs is 2. The summed E-state index contributed by atoms with van der Waals surface area (Å²) >= 11 is 0. The van der Waals surface area contributed by atoms with E-state index in [9.17, 15) is 29.7 Å². The largest absolute Gasteiger partial charge is 0.392 e. The Labute approximate surface area is 317 Å². The average Bonchev–Trinajstić information content (AvgIpc) is 3.63. The molecule has 1 saturated carbocycles.